The van der Waals surface area contributed by atoms with E-state index in [2.05, 4.69) is 27.7 Å². The summed E-state index contributed by atoms with van der Waals surface area (Å²) >= 11 is 2.08. The van der Waals surface area contributed by atoms with Gasteiger partial charge in [-0.05, 0) is 36.7 Å². The monoisotopic (exact) mass is 293 g/mol. The normalized spacial score (nSPS) is 10.8. The van der Waals surface area contributed by atoms with E-state index < -0.39 is 0 Å². The van der Waals surface area contributed by atoms with Crippen molar-refractivity contribution in [1.82, 2.24) is 14.7 Å². The van der Waals surface area contributed by atoms with Crippen molar-refractivity contribution in [2.24, 2.45) is 0 Å². The maximum atomic E-state index is 11.3. The fourth-order valence-electron chi connectivity index (χ4n) is 0.874. The van der Waals surface area contributed by atoms with Crippen LogP contribution in [0.15, 0.2) is 17.1 Å². The highest BCUT2D eigenvalue weighted by molar-refractivity contribution is 14.1. The Labute approximate surface area is 90.7 Å². The van der Waals surface area contributed by atoms with Gasteiger partial charge < -0.3 is 4.90 Å². The van der Waals surface area contributed by atoms with Crippen LogP contribution in [0, 0.1) is 3.57 Å². The minimum Gasteiger partial charge on any atom is -0.308 e. The quantitative estimate of drug-likeness (QED) is 0.758. The van der Waals surface area contributed by atoms with Crippen molar-refractivity contribution in [2.75, 3.05) is 20.6 Å². The summed E-state index contributed by atoms with van der Waals surface area (Å²) in [7, 11) is 3.94. The smallest absolute Gasteiger partial charge is 0.267 e. The molecular weight excluding hydrogens is 281 g/mol. The van der Waals surface area contributed by atoms with Crippen LogP contribution in [-0.2, 0) is 6.54 Å². The molecule has 0 atom stereocenters. The topological polar surface area (TPSA) is 38.1 Å². The lowest BCUT2D eigenvalue weighted by Crippen LogP contribution is -2.28. The van der Waals surface area contributed by atoms with Crippen LogP contribution in [0.3, 0.4) is 0 Å². The number of rotatable bonds is 3. The van der Waals surface area contributed by atoms with E-state index in [-0.39, 0.29) is 5.56 Å². The molecule has 1 heterocycles. The van der Waals surface area contributed by atoms with E-state index in [9.17, 15) is 4.79 Å². The van der Waals surface area contributed by atoms with E-state index in [4.69, 9.17) is 0 Å². The summed E-state index contributed by atoms with van der Waals surface area (Å²) in [6.45, 7) is 1.47. The van der Waals surface area contributed by atoms with Crippen LogP contribution in [0.4, 0.5) is 0 Å². The van der Waals surface area contributed by atoms with Crippen molar-refractivity contribution >= 4 is 22.6 Å². The summed E-state index contributed by atoms with van der Waals surface area (Å²) in [5.74, 6) is 0. The maximum absolute atomic E-state index is 11.3. The summed E-state index contributed by atoms with van der Waals surface area (Å²) < 4.78 is 2.35. The van der Waals surface area contributed by atoms with Crippen molar-refractivity contribution in [3.8, 4) is 0 Å². The van der Waals surface area contributed by atoms with Crippen LogP contribution >= 0.6 is 22.6 Å². The molecule has 0 saturated heterocycles. The first-order valence-electron chi connectivity index (χ1n) is 3.97. The van der Waals surface area contributed by atoms with E-state index in [0.717, 1.165) is 10.1 Å². The number of halogens is 1. The highest BCUT2D eigenvalue weighted by Crippen LogP contribution is 1.95. The first kappa shape index (κ1) is 10.6. The first-order chi connectivity index (χ1) is 6.09. The van der Waals surface area contributed by atoms with Gasteiger partial charge in [0.25, 0.3) is 5.56 Å². The predicted molar refractivity (Wildman–Crippen MR) is 59.8 cm³/mol. The Morgan fingerprint density at radius 2 is 2.31 bits per heavy atom. The zero-order valence-corrected chi connectivity index (χ0v) is 9.85. The Morgan fingerprint density at radius 3 is 2.85 bits per heavy atom. The molecule has 0 unspecified atom stereocenters. The summed E-state index contributed by atoms with van der Waals surface area (Å²) in [4.78, 5) is 13.3. The molecule has 0 aliphatic rings. The molecule has 5 heteroatoms. The molecule has 0 amide bonds. The average Bonchev–Trinajstić information content (AvgIpc) is 2.02. The van der Waals surface area contributed by atoms with Crippen LogP contribution < -0.4 is 5.56 Å². The largest absolute Gasteiger partial charge is 0.308 e. The van der Waals surface area contributed by atoms with E-state index in [1.54, 1.807) is 12.3 Å². The summed E-state index contributed by atoms with van der Waals surface area (Å²) in [6, 6.07) is 1.59. The lowest BCUT2D eigenvalue weighted by atomic mass is 10.5. The predicted octanol–water partition coefficient (Wildman–Crippen LogP) is 0.409. The maximum Gasteiger partial charge on any atom is 0.267 e. The minimum atomic E-state index is -0.0336. The Hall–Kier alpha value is -0.430. The van der Waals surface area contributed by atoms with Gasteiger partial charge in [-0.3, -0.25) is 4.79 Å². The van der Waals surface area contributed by atoms with Gasteiger partial charge in [0.1, 0.15) is 0 Å². The summed E-state index contributed by atoms with van der Waals surface area (Å²) in [5.41, 5.74) is -0.0336. The molecule has 0 bridgehead atoms. The van der Waals surface area contributed by atoms with Crippen molar-refractivity contribution in [2.45, 2.75) is 6.54 Å². The molecule has 0 spiro atoms. The van der Waals surface area contributed by atoms with E-state index in [0.29, 0.717) is 6.54 Å². The fourth-order valence-corrected chi connectivity index (χ4v) is 1.27. The van der Waals surface area contributed by atoms with Crippen molar-refractivity contribution in [3.63, 3.8) is 0 Å². The van der Waals surface area contributed by atoms with Crippen LogP contribution in [0.2, 0.25) is 0 Å². The van der Waals surface area contributed by atoms with Crippen LogP contribution in [0.25, 0.3) is 0 Å². The van der Waals surface area contributed by atoms with Gasteiger partial charge in [-0.25, -0.2) is 4.68 Å². The molecule has 0 aliphatic carbocycles. The lowest BCUT2D eigenvalue weighted by Gasteiger charge is -2.09. The third-order valence-electron chi connectivity index (χ3n) is 1.60. The highest BCUT2D eigenvalue weighted by Gasteiger charge is 1.98. The Morgan fingerprint density at radius 1 is 1.62 bits per heavy atom. The number of hydrogen-bond donors (Lipinski definition) is 0. The number of nitrogens with zero attached hydrogens (tertiary/aromatic N) is 3. The van der Waals surface area contributed by atoms with E-state index >= 15 is 0 Å². The second kappa shape index (κ2) is 4.71. The molecule has 0 aromatic carbocycles. The van der Waals surface area contributed by atoms with Gasteiger partial charge >= 0.3 is 0 Å². The third kappa shape index (κ3) is 3.43. The molecule has 1 aromatic rings. The van der Waals surface area contributed by atoms with Gasteiger partial charge in [-0.15, -0.1) is 0 Å². The molecule has 4 nitrogen and oxygen atoms in total. The zero-order chi connectivity index (χ0) is 9.84. The average molecular weight is 293 g/mol. The molecule has 0 saturated carbocycles. The Bertz CT molecular complexity index is 334. The Balaban J connectivity index is 2.73. The molecule has 0 aliphatic heterocycles. The second-order valence-electron chi connectivity index (χ2n) is 3.04. The van der Waals surface area contributed by atoms with E-state index in [1.165, 1.54) is 4.68 Å². The van der Waals surface area contributed by atoms with Crippen molar-refractivity contribution in [3.05, 3.63) is 26.2 Å². The van der Waals surface area contributed by atoms with Crippen LogP contribution in [0.5, 0.6) is 0 Å². The number of aromatic nitrogens is 2. The SMILES string of the molecule is CN(C)CCn1ncc(I)cc1=O. The third-order valence-corrected chi connectivity index (χ3v) is 2.19. The van der Waals surface area contributed by atoms with Gasteiger partial charge in [0.2, 0.25) is 0 Å². The lowest BCUT2D eigenvalue weighted by molar-refractivity contribution is 0.367. The van der Waals surface area contributed by atoms with Gasteiger partial charge in [0.05, 0.1) is 12.7 Å². The summed E-state index contributed by atoms with van der Waals surface area (Å²) in [6.07, 6.45) is 1.69. The highest BCUT2D eigenvalue weighted by atomic mass is 127. The molecule has 0 N–H and O–H groups in total. The van der Waals surface area contributed by atoms with Crippen LogP contribution in [-0.4, -0.2) is 35.3 Å². The number of hydrogen-bond acceptors (Lipinski definition) is 3. The van der Waals surface area contributed by atoms with Gasteiger partial charge in [-0.1, -0.05) is 0 Å². The molecule has 1 rings (SSSR count). The second-order valence-corrected chi connectivity index (χ2v) is 4.28. The van der Waals surface area contributed by atoms with Crippen LogP contribution in [0.1, 0.15) is 0 Å². The molecule has 13 heavy (non-hydrogen) atoms. The molecule has 0 fully saturated rings. The Kier molecular flexibility index (Phi) is 3.86. The number of likely N-dealkylation sites (N-methyl/N-ethyl adjacent to an activating group) is 1. The molecule has 1 aromatic heterocycles. The zero-order valence-electron chi connectivity index (χ0n) is 7.70. The van der Waals surface area contributed by atoms with Gasteiger partial charge in [0, 0.05) is 16.2 Å². The minimum absolute atomic E-state index is 0.0336. The van der Waals surface area contributed by atoms with Gasteiger partial charge in [-0.2, -0.15) is 5.10 Å². The molecule has 0 radical (unpaired) electrons. The van der Waals surface area contributed by atoms with Crippen molar-refractivity contribution < 1.29 is 0 Å². The van der Waals surface area contributed by atoms with E-state index in [1.807, 2.05) is 19.0 Å². The first-order valence-corrected chi connectivity index (χ1v) is 5.05. The fraction of sp³-hybridized carbons (Fsp3) is 0.500. The summed E-state index contributed by atoms with van der Waals surface area (Å²) in [5, 5.41) is 4.02. The molecular formula is C8H12IN3O. The molecule has 72 valence electrons. The standard InChI is InChI=1S/C8H12IN3O/c1-11(2)3-4-12-8(13)5-7(9)6-10-12/h5-6H,3-4H2,1-2H3. The van der Waals surface area contributed by atoms with Crippen molar-refractivity contribution in [1.29, 1.82) is 0 Å². The van der Waals surface area contributed by atoms with Gasteiger partial charge in [0.15, 0.2) is 0 Å².